The Kier molecular flexibility index (Phi) is 31.6. The van der Waals surface area contributed by atoms with Crippen LogP contribution < -0.4 is 17.1 Å². The Morgan fingerprint density at radius 1 is 0.386 bits per heavy atom. The molecule has 0 aliphatic rings. The normalized spacial score (nSPS) is 11.6. The van der Waals surface area contributed by atoms with Gasteiger partial charge < -0.3 is 14.2 Å². The van der Waals surface area contributed by atoms with E-state index in [-0.39, 0.29) is 39.5 Å². The monoisotopic (exact) mass is 802 g/mol. The van der Waals surface area contributed by atoms with E-state index >= 15 is 0 Å². The third-order valence-corrected chi connectivity index (χ3v) is 9.75. The number of hydrogen-bond acceptors (Lipinski definition) is 9. The molecule has 1 aromatic rings. The lowest BCUT2D eigenvalue weighted by atomic mass is 10.1. The van der Waals surface area contributed by atoms with Gasteiger partial charge in [0.2, 0.25) is 0 Å². The lowest BCUT2D eigenvalue weighted by molar-refractivity contribution is -0.138. The largest absolute Gasteiger partial charge is 0.461 e. The van der Waals surface area contributed by atoms with Gasteiger partial charge >= 0.3 is 35.0 Å². The summed E-state index contributed by atoms with van der Waals surface area (Å²) in [6.07, 6.45) is 36.1. The molecule has 324 valence electrons. The van der Waals surface area contributed by atoms with Gasteiger partial charge in [-0.3, -0.25) is 0 Å². The van der Waals surface area contributed by atoms with Crippen LogP contribution in [0, 0.1) is 0 Å². The predicted octanol–water partition coefficient (Wildman–Crippen LogP) is 8.89. The van der Waals surface area contributed by atoms with Gasteiger partial charge in [0.25, 0.3) is 0 Å². The van der Waals surface area contributed by atoms with Crippen LogP contribution in [0.4, 0.5) is 0 Å². The fourth-order valence-corrected chi connectivity index (χ4v) is 6.31. The van der Waals surface area contributed by atoms with Gasteiger partial charge in [-0.2, -0.15) is 0 Å². The number of ether oxygens (including phenoxy) is 3. The van der Waals surface area contributed by atoms with Gasteiger partial charge in [0.1, 0.15) is 19.8 Å². The van der Waals surface area contributed by atoms with E-state index in [2.05, 4.69) is 20.8 Å². The van der Waals surface area contributed by atoms with E-state index in [0.29, 0.717) is 0 Å². The molecule has 0 bridgehead atoms. The fourth-order valence-electron chi connectivity index (χ4n) is 6.31. The summed E-state index contributed by atoms with van der Waals surface area (Å²) in [5.41, 5.74) is -2.78. The van der Waals surface area contributed by atoms with Crippen molar-refractivity contribution in [3.63, 3.8) is 0 Å². The molecule has 0 saturated carbocycles. The number of rotatable bonds is 36. The Balaban J connectivity index is 2.83. The minimum atomic E-state index is -0.928. The molecule has 0 aromatic carbocycles. The summed E-state index contributed by atoms with van der Waals surface area (Å²) in [5.74, 6) is -1.80. The molecule has 0 aliphatic carbocycles. The standard InChI is InChI=1S/C45H75N3O9/c1-4-7-10-13-16-19-22-25-28-31-40(49)55-37-34-46-43(52)47(35-38-56-41(50)32-29-26-23-20-17-14-11-8-5-2)45(54)48(44(46)53)36-39-57-42(51)33-30-27-24-21-18-15-12-9-6-3/h28-33H,4-27,34-39H2,1-3H3/b31-28+,32-29+,33-30+. The van der Waals surface area contributed by atoms with Gasteiger partial charge in [-0.15, -0.1) is 0 Å². The van der Waals surface area contributed by atoms with Crippen LogP contribution in [0.25, 0.3) is 0 Å². The Bertz CT molecular complexity index is 1300. The van der Waals surface area contributed by atoms with E-state index in [1.54, 1.807) is 18.2 Å². The highest BCUT2D eigenvalue weighted by Crippen LogP contribution is 2.10. The first-order valence-electron chi connectivity index (χ1n) is 22.2. The van der Waals surface area contributed by atoms with Gasteiger partial charge in [-0.25, -0.2) is 42.5 Å². The van der Waals surface area contributed by atoms with Crippen molar-refractivity contribution in [3.8, 4) is 0 Å². The molecule has 0 radical (unpaired) electrons. The van der Waals surface area contributed by atoms with Crippen LogP contribution in [0.2, 0.25) is 0 Å². The van der Waals surface area contributed by atoms with E-state index in [1.165, 1.54) is 115 Å². The van der Waals surface area contributed by atoms with Crippen molar-refractivity contribution < 1.29 is 28.6 Å². The molecule has 0 N–H and O–H groups in total. The zero-order valence-electron chi connectivity index (χ0n) is 35.7. The lowest BCUT2D eigenvalue weighted by Gasteiger charge is -2.14. The lowest BCUT2D eigenvalue weighted by Crippen LogP contribution is -2.55. The second-order valence-corrected chi connectivity index (χ2v) is 14.7. The Morgan fingerprint density at radius 3 is 0.860 bits per heavy atom. The van der Waals surface area contributed by atoms with Gasteiger partial charge in [0.15, 0.2) is 0 Å². The number of esters is 3. The molecule has 1 heterocycles. The second-order valence-electron chi connectivity index (χ2n) is 14.7. The average Bonchev–Trinajstić information content (AvgIpc) is 3.19. The van der Waals surface area contributed by atoms with Crippen molar-refractivity contribution >= 4 is 17.9 Å². The Labute approximate surface area is 341 Å². The molecule has 0 amide bonds. The fraction of sp³-hybridized carbons (Fsp3) is 0.733. The first-order chi connectivity index (χ1) is 27.8. The second kappa shape index (κ2) is 35.2. The number of nitrogens with zero attached hydrogens (tertiary/aromatic N) is 3. The Hall–Kier alpha value is -3.96. The summed E-state index contributed by atoms with van der Waals surface area (Å²) < 4.78 is 18.2. The molecule has 0 fully saturated rings. The minimum absolute atomic E-state index is 0.287. The molecule has 0 saturated heterocycles. The minimum Gasteiger partial charge on any atom is -0.461 e. The third-order valence-electron chi connectivity index (χ3n) is 9.75. The third kappa shape index (κ3) is 25.8. The quantitative estimate of drug-likeness (QED) is 0.0281. The zero-order valence-corrected chi connectivity index (χ0v) is 35.7. The maximum atomic E-state index is 13.4. The molecule has 12 nitrogen and oxygen atoms in total. The molecular formula is C45H75N3O9. The van der Waals surface area contributed by atoms with Crippen molar-refractivity contribution in [2.24, 2.45) is 0 Å². The van der Waals surface area contributed by atoms with Crippen LogP contribution in [0.5, 0.6) is 0 Å². The predicted molar refractivity (Wildman–Crippen MR) is 227 cm³/mol. The number of allylic oxidation sites excluding steroid dienone is 3. The van der Waals surface area contributed by atoms with Gasteiger partial charge in [-0.1, -0.05) is 155 Å². The molecule has 1 aromatic heterocycles. The Morgan fingerprint density at radius 2 is 0.614 bits per heavy atom. The maximum absolute atomic E-state index is 13.4. The van der Waals surface area contributed by atoms with Crippen molar-refractivity contribution in [2.75, 3.05) is 19.8 Å². The van der Waals surface area contributed by atoms with Crippen molar-refractivity contribution in [3.05, 3.63) is 67.9 Å². The van der Waals surface area contributed by atoms with E-state index in [0.717, 1.165) is 71.5 Å². The molecule has 1 rings (SSSR count). The summed E-state index contributed by atoms with van der Waals surface area (Å²) in [4.78, 5) is 77.1. The van der Waals surface area contributed by atoms with Crippen LogP contribution in [-0.2, 0) is 48.2 Å². The van der Waals surface area contributed by atoms with E-state index < -0.39 is 35.0 Å². The zero-order chi connectivity index (χ0) is 41.8. The topological polar surface area (TPSA) is 145 Å². The van der Waals surface area contributed by atoms with Crippen molar-refractivity contribution in [2.45, 2.75) is 195 Å². The highest BCUT2D eigenvalue weighted by molar-refractivity contribution is 5.82. The summed E-state index contributed by atoms with van der Waals surface area (Å²) in [6, 6.07) is 0. The van der Waals surface area contributed by atoms with Crippen LogP contribution in [-0.4, -0.2) is 51.4 Å². The van der Waals surface area contributed by atoms with Crippen molar-refractivity contribution in [1.29, 1.82) is 0 Å². The van der Waals surface area contributed by atoms with Crippen LogP contribution >= 0.6 is 0 Å². The molecular weight excluding hydrogens is 727 g/mol. The summed E-state index contributed by atoms with van der Waals surface area (Å²) >= 11 is 0. The van der Waals surface area contributed by atoms with Gasteiger partial charge in [-0.05, 0) is 38.5 Å². The number of carbonyl (C=O) groups excluding carboxylic acids is 3. The van der Waals surface area contributed by atoms with Crippen molar-refractivity contribution in [1.82, 2.24) is 13.7 Å². The number of unbranched alkanes of at least 4 members (excludes halogenated alkanes) is 21. The first-order valence-corrected chi connectivity index (χ1v) is 22.2. The molecule has 0 aliphatic heterocycles. The average molecular weight is 802 g/mol. The van der Waals surface area contributed by atoms with Gasteiger partial charge in [0.05, 0.1) is 19.6 Å². The molecule has 0 unspecified atom stereocenters. The first kappa shape index (κ1) is 51.1. The molecule has 12 heteroatoms. The SMILES string of the molecule is CCCCCCCCC/C=C/C(=O)OCCn1c(=O)n(CCOC(=O)/C=C/CCCCCCCCC)c(=O)n(CCOC(=O)/C=C/CCCCCCCCC)c1=O. The van der Waals surface area contributed by atoms with Gasteiger partial charge in [0, 0.05) is 18.2 Å². The maximum Gasteiger partial charge on any atom is 0.336 e. The number of hydrogen-bond donors (Lipinski definition) is 0. The smallest absolute Gasteiger partial charge is 0.336 e. The summed E-state index contributed by atoms with van der Waals surface area (Å²) in [7, 11) is 0. The number of carbonyl (C=O) groups is 3. The molecule has 0 atom stereocenters. The van der Waals surface area contributed by atoms with E-state index in [1.807, 2.05) is 0 Å². The van der Waals surface area contributed by atoms with Crippen LogP contribution in [0.3, 0.4) is 0 Å². The highest BCUT2D eigenvalue weighted by atomic mass is 16.5. The molecule has 57 heavy (non-hydrogen) atoms. The number of aromatic nitrogens is 3. The van der Waals surface area contributed by atoms with E-state index in [4.69, 9.17) is 14.2 Å². The molecule has 0 spiro atoms. The van der Waals surface area contributed by atoms with E-state index in [9.17, 15) is 28.8 Å². The summed E-state index contributed by atoms with van der Waals surface area (Å²) in [6.45, 7) is 4.78. The highest BCUT2D eigenvalue weighted by Gasteiger charge is 2.17. The summed E-state index contributed by atoms with van der Waals surface area (Å²) in [5, 5.41) is 0. The van der Waals surface area contributed by atoms with Crippen LogP contribution in [0.1, 0.15) is 175 Å². The van der Waals surface area contributed by atoms with Crippen LogP contribution in [0.15, 0.2) is 50.8 Å².